The van der Waals surface area contributed by atoms with Crippen molar-refractivity contribution in [3.05, 3.63) is 65.2 Å². The molecule has 0 aromatic heterocycles. The van der Waals surface area contributed by atoms with Gasteiger partial charge in [-0.25, -0.2) is 5.43 Å². The molecular weight excluding hydrogens is 312 g/mol. The van der Waals surface area contributed by atoms with Crippen LogP contribution in [0.25, 0.3) is 0 Å². The molecule has 25 heavy (non-hydrogen) atoms. The summed E-state index contributed by atoms with van der Waals surface area (Å²) in [5.74, 6) is 0.604. The molecule has 4 nitrogen and oxygen atoms in total. The first-order valence-corrected chi connectivity index (χ1v) is 8.49. The second kappa shape index (κ2) is 7.97. The summed E-state index contributed by atoms with van der Waals surface area (Å²) < 4.78 is 5.42. The van der Waals surface area contributed by atoms with Crippen molar-refractivity contribution in [1.82, 2.24) is 5.43 Å². The zero-order valence-corrected chi connectivity index (χ0v) is 15.6. The number of carbonyl (C=O) groups is 1. The molecule has 0 bridgehead atoms. The quantitative estimate of drug-likeness (QED) is 0.643. The Hall–Kier alpha value is -2.62. The van der Waals surface area contributed by atoms with Gasteiger partial charge in [-0.1, -0.05) is 32.9 Å². The van der Waals surface area contributed by atoms with Gasteiger partial charge in [0.1, 0.15) is 5.75 Å². The van der Waals surface area contributed by atoms with E-state index >= 15 is 0 Å². The maximum Gasteiger partial charge on any atom is 0.271 e. The number of nitrogens with zero attached hydrogens (tertiary/aromatic N) is 1. The third-order valence-electron chi connectivity index (χ3n) is 3.92. The van der Waals surface area contributed by atoms with Crippen molar-refractivity contribution in [1.29, 1.82) is 0 Å². The number of benzene rings is 2. The molecular formula is C21H26N2O2. The van der Waals surface area contributed by atoms with E-state index in [1.165, 1.54) is 5.56 Å². The predicted molar refractivity (Wildman–Crippen MR) is 102 cm³/mol. The number of nitrogens with one attached hydrogen (secondary N) is 1. The standard InChI is InChI=1S/C21H26N2O2/c1-6-25-19-13-9-16(10-14-19)15(2)22-23-20(24)17-7-11-18(12-8-17)21(3,4)5/h7-14H,6H2,1-5H3,(H,23,24). The Balaban J connectivity index is 2.03. The van der Waals surface area contributed by atoms with Crippen LogP contribution in [-0.4, -0.2) is 18.2 Å². The Morgan fingerprint density at radius 3 is 2.08 bits per heavy atom. The van der Waals surface area contributed by atoms with Gasteiger partial charge in [-0.2, -0.15) is 5.10 Å². The minimum Gasteiger partial charge on any atom is -0.494 e. The lowest BCUT2D eigenvalue weighted by Gasteiger charge is -2.18. The van der Waals surface area contributed by atoms with Gasteiger partial charge in [-0.05, 0) is 66.8 Å². The van der Waals surface area contributed by atoms with E-state index in [1.54, 1.807) is 0 Å². The number of carbonyl (C=O) groups excluding carboxylic acids is 1. The Morgan fingerprint density at radius 2 is 1.56 bits per heavy atom. The van der Waals surface area contributed by atoms with Crippen molar-refractivity contribution in [2.45, 2.75) is 40.0 Å². The summed E-state index contributed by atoms with van der Waals surface area (Å²) in [5.41, 5.74) is 6.14. The van der Waals surface area contributed by atoms with E-state index in [4.69, 9.17) is 4.74 Å². The van der Waals surface area contributed by atoms with Gasteiger partial charge in [0.2, 0.25) is 0 Å². The van der Waals surface area contributed by atoms with Gasteiger partial charge >= 0.3 is 0 Å². The minimum absolute atomic E-state index is 0.0669. The van der Waals surface area contributed by atoms with Crippen LogP contribution in [0.3, 0.4) is 0 Å². The monoisotopic (exact) mass is 338 g/mol. The van der Waals surface area contributed by atoms with Crippen LogP contribution in [0.1, 0.15) is 56.1 Å². The van der Waals surface area contributed by atoms with Crippen LogP contribution >= 0.6 is 0 Å². The van der Waals surface area contributed by atoms with E-state index in [2.05, 4.69) is 31.3 Å². The molecule has 2 aromatic rings. The summed E-state index contributed by atoms with van der Waals surface area (Å²) in [7, 11) is 0. The lowest BCUT2D eigenvalue weighted by Crippen LogP contribution is -2.20. The normalized spacial score (nSPS) is 12.0. The van der Waals surface area contributed by atoms with Gasteiger partial charge in [0.25, 0.3) is 5.91 Å². The third kappa shape index (κ3) is 5.18. The first-order valence-electron chi connectivity index (χ1n) is 8.49. The van der Waals surface area contributed by atoms with Crippen molar-refractivity contribution >= 4 is 11.6 Å². The number of hydrogen-bond acceptors (Lipinski definition) is 3. The van der Waals surface area contributed by atoms with Gasteiger partial charge in [-0.15, -0.1) is 0 Å². The highest BCUT2D eigenvalue weighted by atomic mass is 16.5. The molecule has 0 heterocycles. The second-order valence-electron chi connectivity index (χ2n) is 6.92. The lowest BCUT2D eigenvalue weighted by atomic mass is 9.87. The molecule has 0 saturated carbocycles. The first kappa shape index (κ1) is 18.7. The molecule has 2 rings (SSSR count). The van der Waals surface area contributed by atoms with E-state index < -0.39 is 0 Å². The molecule has 0 atom stereocenters. The van der Waals surface area contributed by atoms with Crippen molar-refractivity contribution in [2.75, 3.05) is 6.61 Å². The summed E-state index contributed by atoms with van der Waals surface area (Å²) in [4.78, 5) is 12.2. The van der Waals surface area contributed by atoms with Gasteiger partial charge in [0.05, 0.1) is 12.3 Å². The summed E-state index contributed by atoms with van der Waals surface area (Å²) in [6.45, 7) is 10.9. The number of amides is 1. The van der Waals surface area contributed by atoms with Crippen LogP contribution in [0.15, 0.2) is 53.6 Å². The van der Waals surface area contributed by atoms with Gasteiger partial charge < -0.3 is 4.74 Å². The average Bonchev–Trinajstić information content (AvgIpc) is 2.59. The van der Waals surface area contributed by atoms with Crippen molar-refractivity contribution in [3.8, 4) is 5.75 Å². The fourth-order valence-electron chi connectivity index (χ4n) is 2.34. The van der Waals surface area contributed by atoms with Gasteiger partial charge in [0.15, 0.2) is 0 Å². The molecule has 2 aromatic carbocycles. The van der Waals surface area contributed by atoms with Crippen LogP contribution in [0.5, 0.6) is 5.75 Å². The highest BCUT2D eigenvalue weighted by Crippen LogP contribution is 2.22. The Kier molecular flexibility index (Phi) is 5.97. The summed E-state index contributed by atoms with van der Waals surface area (Å²) in [6.07, 6.45) is 0. The summed E-state index contributed by atoms with van der Waals surface area (Å²) >= 11 is 0. The Morgan fingerprint density at radius 1 is 1.00 bits per heavy atom. The molecule has 0 spiro atoms. The fraction of sp³-hybridized carbons (Fsp3) is 0.333. The number of hydrogen-bond donors (Lipinski definition) is 1. The third-order valence-corrected chi connectivity index (χ3v) is 3.92. The van der Waals surface area contributed by atoms with Crippen molar-refractivity contribution in [2.24, 2.45) is 5.10 Å². The van der Waals surface area contributed by atoms with E-state index in [0.717, 1.165) is 17.0 Å². The largest absolute Gasteiger partial charge is 0.494 e. The molecule has 0 radical (unpaired) electrons. The summed E-state index contributed by atoms with van der Waals surface area (Å²) in [6, 6.07) is 15.3. The molecule has 0 fully saturated rings. The second-order valence-corrected chi connectivity index (χ2v) is 6.92. The van der Waals surface area contributed by atoms with Crippen LogP contribution in [-0.2, 0) is 5.41 Å². The first-order chi connectivity index (χ1) is 11.8. The minimum atomic E-state index is -0.217. The maximum absolute atomic E-state index is 12.2. The van der Waals surface area contributed by atoms with Gasteiger partial charge in [0, 0.05) is 5.56 Å². The highest BCUT2D eigenvalue weighted by molar-refractivity contribution is 6.00. The van der Waals surface area contributed by atoms with Crippen LogP contribution in [0.2, 0.25) is 0 Å². The Labute approximate surface area is 149 Å². The fourth-order valence-corrected chi connectivity index (χ4v) is 2.34. The molecule has 4 heteroatoms. The average molecular weight is 338 g/mol. The van der Waals surface area contributed by atoms with Crippen LogP contribution < -0.4 is 10.2 Å². The van der Waals surface area contributed by atoms with E-state index in [1.807, 2.05) is 62.4 Å². The zero-order valence-electron chi connectivity index (χ0n) is 15.6. The molecule has 0 aliphatic heterocycles. The maximum atomic E-state index is 12.2. The van der Waals surface area contributed by atoms with Crippen LogP contribution in [0.4, 0.5) is 0 Å². The highest BCUT2D eigenvalue weighted by Gasteiger charge is 2.14. The molecule has 0 aliphatic rings. The molecule has 0 aliphatic carbocycles. The van der Waals surface area contributed by atoms with Crippen LogP contribution in [0, 0.1) is 0 Å². The van der Waals surface area contributed by atoms with E-state index in [9.17, 15) is 4.79 Å². The molecule has 0 saturated heterocycles. The topological polar surface area (TPSA) is 50.7 Å². The van der Waals surface area contributed by atoms with Crippen molar-refractivity contribution in [3.63, 3.8) is 0 Å². The molecule has 1 N–H and O–H groups in total. The van der Waals surface area contributed by atoms with Gasteiger partial charge in [-0.3, -0.25) is 4.79 Å². The van der Waals surface area contributed by atoms with E-state index in [-0.39, 0.29) is 11.3 Å². The predicted octanol–water partition coefficient (Wildman–Crippen LogP) is 4.54. The number of hydrazone groups is 1. The smallest absolute Gasteiger partial charge is 0.271 e. The molecule has 0 unspecified atom stereocenters. The summed E-state index contributed by atoms with van der Waals surface area (Å²) in [5, 5.41) is 4.19. The number of ether oxygens (including phenoxy) is 1. The van der Waals surface area contributed by atoms with E-state index in [0.29, 0.717) is 12.2 Å². The molecule has 132 valence electrons. The Bertz CT molecular complexity index is 739. The molecule has 1 amide bonds. The zero-order chi connectivity index (χ0) is 18.4. The number of rotatable bonds is 5. The van der Waals surface area contributed by atoms with Crippen molar-refractivity contribution < 1.29 is 9.53 Å². The lowest BCUT2D eigenvalue weighted by molar-refractivity contribution is 0.0955. The SMILES string of the molecule is CCOc1ccc(C(C)=NNC(=O)c2ccc(C(C)(C)C)cc2)cc1.